The maximum atomic E-state index is 12.7. The molecule has 4 rings (SSSR count). The largest absolute Gasteiger partial charge is 0.497 e. The van der Waals surface area contributed by atoms with Crippen molar-refractivity contribution >= 4 is 6.09 Å². The molecule has 1 amide bonds. The fourth-order valence-corrected chi connectivity index (χ4v) is 4.30. The van der Waals surface area contributed by atoms with E-state index >= 15 is 0 Å². The number of benzene rings is 1. The van der Waals surface area contributed by atoms with Crippen LogP contribution in [-0.4, -0.2) is 60.4 Å². The number of fused-ring (bicyclic) bond motifs is 3. The molecule has 3 fully saturated rings. The highest BCUT2D eigenvalue weighted by Gasteiger charge is 2.47. The highest BCUT2D eigenvalue weighted by molar-refractivity contribution is 5.69. The molecule has 0 aromatic heterocycles. The average molecular weight is 389 g/mol. The van der Waals surface area contributed by atoms with Crippen LogP contribution < -0.4 is 9.47 Å². The highest BCUT2D eigenvalue weighted by atomic mass is 16.6. The number of hydrogen-bond acceptors (Lipinski definition) is 5. The van der Waals surface area contributed by atoms with Gasteiger partial charge in [0.2, 0.25) is 0 Å². The first-order valence-corrected chi connectivity index (χ1v) is 9.86. The maximum Gasteiger partial charge on any atom is 0.410 e. The van der Waals surface area contributed by atoms with E-state index in [-0.39, 0.29) is 24.2 Å². The van der Waals surface area contributed by atoms with Crippen molar-refractivity contribution in [1.29, 1.82) is 0 Å². The number of nitrogens with zero attached hydrogens (tertiary/aromatic N) is 2. The molecular weight excluding hydrogens is 356 g/mol. The van der Waals surface area contributed by atoms with Gasteiger partial charge in [-0.2, -0.15) is 0 Å². The van der Waals surface area contributed by atoms with Crippen molar-refractivity contribution in [3.63, 3.8) is 0 Å². The topological polar surface area (TPSA) is 51.2 Å². The number of piperazine rings is 1. The van der Waals surface area contributed by atoms with E-state index < -0.39 is 5.60 Å². The molecule has 0 aliphatic carbocycles. The van der Waals surface area contributed by atoms with E-state index in [1.807, 2.05) is 49.9 Å². The summed E-state index contributed by atoms with van der Waals surface area (Å²) in [5, 5.41) is 0. The second kappa shape index (κ2) is 8.03. The summed E-state index contributed by atoms with van der Waals surface area (Å²) in [7, 11) is 3.33. The monoisotopic (exact) mass is 388 g/mol. The molecule has 3 aliphatic heterocycles. The lowest BCUT2D eigenvalue weighted by molar-refractivity contribution is -0.0635. The Morgan fingerprint density at radius 1 is 1.25 bits per heavy atom. The van der Waals surface area contributed by atoms with Crippen molar-refractivity contribution in [3.05, 3.63) is 36.4 Å². The number of amides is 1. The van der Waals surface area contributed by atoms with Crippen molar-refractivity contribution < 1.29 is 19.0 Å². The fourth-order valence-electron chi connectivity index (χ4n) is 4.30. The lowest BCUT2D eigenvalue weighted by Crippen LogP contribution is -2.68. The lowest BCUT2D eigenvalue weighted by Gasteiger charge is -2.55. The van der Waals surface area contributed by atoms with Gasteiger partial charge in [-0.1, -0.05) is 12.1 Å². The maximum absolute atomic E-state index is 12.7. The van der Waals surface area contributed by atoms with Gasteiger partial charge >= 0.3 is 6.09 Å². The number of carbonyl (C=O) groups is 1. The van der Waals surface area contributed by atoms with Crippen LogP contribution >= 0.6 is 0 Å². The summed E-state index contributed by atoms with van der Waals surface area (Å²) in [6, 6.07) is 6.36. The first-order chi connectivity index (χ1) is 13.3. The number of rotatable bonds is 5. The van der Waals surface area contributed by atoms with Gasteiger partial charge in [0, 0.05) is 36.8 Å². The van der Waals surface area contributed by atoms with Crippen LogP contribution in [0.4, 0.5) is 4.79 Å². The number of hydrogen-bond donors (Lipinski definition) is 0. The second-order valence-electron chi connectivity index (χ2n) is 8.51. The molecule has 0 saturated carbocycles. The van der Waals surface area contributed by atoms with Crippen LogP contribution in [0.5, 0.6) is 11.5 Å². The Bertz CT molecular complexity index is 728. The highest BCUT2D eigenvalue weighted by Crippen LogP contribution is 2.37. The molecular formula is C22H32N2O4. The second-order valence-corrected chi connectivity index (χ2v) is 8.51. The van der Waals surface area contributed by atoms with E-state index in [1.165, 1.54) is 0 Å². The Hall–Kier alpha value is -2.21. The van der Waals surface area contributed by atoms with Crippen LogP contribution in [0.2, 0.25) is 0 Å². The minimum atomic E-state index is -0.492. The molecule has 0 N–H and O–H groups in total. The number of piperidine rings is 2. The van der Waals surface area contributed by atoms with Crippen LogP contribution in [0.1, 0.15) is 39.2 Å². The SMILES string of the molecule is C=C[C@H]1[C@@H]2CC[C@@H](CN2C(=O)OC(C)(C)C)N1Cc1ccc(OC)cc1OC. The third-order valence-corrected chi connectivity index (χ3v) is 5.57. The van der Waals surface area contributed by atoms with E-state index in [1.54, 1.807) is 14.2 Å². The van der Waals surface area contributed by atoms with Gasteiger partial charge in [0.15, 0.2) is 0 Å². The van der Waals surface area contributed by atoms with Crippen LogP contribution in [-0.2, 0) is 11.3 Å². The first-order valence-electron chi connectivity index (χ1n) is 9.86. The minimum absolute atomic E-state index is 0.0848. The summed E-state index contributed by atoms with van der Waals surface area (Å²) < 4.78 is 16.5. The molecule has 0 spiro atoms. The summed E-state index contributed by atoms with van der Waals surface area (Å²) in [4.78, 5) is 17.1. The van der Waals surface area contributed by atoms with Crippen molar-refractivity contribution in [2.75, 3.05) is 20.8 Å². The molecule has 6 nitrogen and oxygen atoms in total. The number of methoxy groups -OCH3 is 2. The quantitative estimate of drug-likeness (QED) is 0.718. The average Bonchev–Trinajstić information content (AvgIpc) is 2.67. The van der Waals surface area contributed by atoms with E-state index in [0.717, 1.165) is 36.4 Å². The third kappa shape index (κ3) is 4.12. The Morgan fingerprint density at radius 2 is 2.00 bits per heavy atom. The molecule has 154 valence electrons. The zero-order valence-electron chi connectivity index (χ0n) is 17.6. The predicted molar refractivity (Wildman–Crippen MR) is 109 cm³/mol. The molecule has 1 aromatic carbocycles. The summed E-state index contributed by atoms with van der Waals surface area (Å²) in [6.07, 6.45) is 3.77. The van der Waals surface area contributed by atoms with E-state index in [4.69, 9.17) is 14.2 Å². The molecule has 0 radical (unpaired) electrons. The molecule has 28 heavy (non-hydrogen) atoms. The lowest BCUT2D eigenvalue weighted by atomic mass is 9.84. The van der Waals surface area contributed by atoms with Gasteiger partial charge in [-0.25, -0.2) is 4.79 Å². The third-order valence-electron chi connectivity index (χ3n) is 5.57. The minimum Gasteiger partial charge on any atom is -0.497 e. The molecule has 6 heteroatoms. The van der Waals surface area contributed by atoms with Crippen LogP contribution in [0.3, 0.4) is 0 Å². The molecule has 3 heterocycles. The van der Waals surface area contributed by atoms with Gasteiger partial charge in [-0.15, -0.1) is 6.58 Å². The predicted octanol–water partition coefficient (Wildman–Crippen LogP) is 3.84. The van der Waals surface area contributed by atoms with Gasteiger partial charge < -0.3 is 19.1 Å². The van der Waals surface area contributed by atoms with Gasteiger partial charge in [-0.3, -0.25) is 4.90 Å². The molecule has 3 saturated heterocycles. The van der Waals surface area contributed by atoms with Gasteiger partial charge in [0.25, 0.3) is 0 Å². The van der Waals surface area contributed by atoms with Gasteiger partial charge in [0.05, 0.1) is 20.3 Å². The van der Waals surface area contributed by atoms with Crippen molar-refractivity contribution in [2.45, 2.75) is 63.9 Å². The van der Waals surface area contributed by atoms with Crippen molar-refractivity contribution in [3.8, 4) is 11.5 Å². The van der Waals surface area contributed by atoms with Crippen LogP contribution in [0, 0.1) is 0 Å². The van der Waals surface area contributed by atoms with Crippen molar-refractivity contribution in [1.82, 2.24) is 9.80 Å². The Labute approximate surface area is 168 Å². The molecule has 3 aliphatic rings. The number of ether oxygens (including phenoxy) is 3. The van der Waals surface area contributed by atoms with Crippen LogP contribution in [0.25, 0.3) is 0 Å². The summed E-state index contributed by atoms with van der Waals surface area (Å²) >= 11 is 0. The summed E-state index contributed by atoms with van der Waals surface area (Å²) in [6.45, 7) is 11.2. The molecule has 2 bridgehead atoms. The molecule has 3 atom stereocenters. The summed E-state index contributed by atoms with van der Waals surface area (Å²) in [5.74, 6) is 1.59. The van der Waals surface area contributed by atoms with E-state index in [0.29, 0.717) is 6.54 Å². The Kier molecular flexibility index (Phi) is 5.89. The Morgan fingerprint density at radius 3 is 2.61 bits per heavy atom. The van der Waals surface area contributed by atoms with Gasteiger partial charge in [-0.05, 0) is 39.7 Å². The zero-order chi connectivity index (χ0) is 20.5. The van der Waals surface area contributed by atoms with E-state index in [2.05, 4.69) is 11.5 Å². The summed E-state index contributed by atoms with van der Waals surface area (Å²) in [5.41, 5.74) is 0.611. The van der Waals surface area contributed by atoms with Crippen LogP contribution in [0.15, 0.2) is 30.9 Å². The van der Waals surface area contributed by atoms with Gasteiger partial charge in [0.1, 0.15) is 17.1 Å². The van der Waals surface area contributed by atoms with E-state index in [9.17, 15) is 4.79 Å². The molecule has 0 unspecified atom stereocenters. The smallest absolute Gasteiger partial charge is 0.410 e. The first kappa shape index (κ1) is 20.5. The normalized spacial score (nSPS) is 24.8. The Balaban J connectivity index is 1.80. The standard InChI is InChI=1S/C22H32N2O4/c1-7-18-19-11-9-16(14-24(19)21(25)28-22(2,3)4)23(18)13-15-8-10-17(26-5)12-20(15)27-6/h7-8,10,12,16,18-19H,1,9,11,13-14H2,2-6H3/t16-,18-,19-/m0/s1. The number of carbonyl (C=O) groups excluding carboxylic acids is 1. The molecule has 1 aromatic rings. The van der Waals surface area contributed by atoms with Crippen molar-refractivity contribution in [2.24, 2.45) is 0 Å². The fraction of sp³-hybridized carbons (Fsp3) is 0.591. The zero-order valence-corrected chi connectivity index (χ0v) is 17.6.